The van der Waals surface area contributed by atoms with Crippen molar-refractivity contribution in [3.05, 3.63) is 64.5 Å². The van der Waals surface area contributed by atoms with Gasteiger partial charge in [-0.1, -0.05) is 31.6 Å². The Bertz CT molecular complexity index is 646. The van der Waals surface area contributed by atoms with Crippen molar-refractivity contribution in [2.24, 2.45) is 0 Å². The third-order valence-electron chi connectivity index (χ3n) is 3.87. The SMILES string of the molecule is CCCC/C(=C/c1cc(C)c(O)c(C)c1)c1ccc(F)cc1. The molecule has 1 N–H and O–H groups in total. The van der Waals surface area contributed by atoms with Crippen molar-refractivity contribution in [2.75, 3.05) is 0 Å². The average Bonchev–Trinajstić information content (AvgIpc) is 2.50. The van der Waals surface area contributed by atoms with Crippen LogP contribution in [0, 0.1) is 19.7 Å². The van der Waals surface area contributed by atoms with Crippen molar-refractivity contribution in [2.45, 2.75) is 40.0 Å². The first-order valence-corrected chi connectivity index (χ1v) is 7.78. The summed E-state index contributed by atoms with van der Waals surface area (Å²) in [5.41, 5.74) is 5.08. The summed E-state index contributed by atoms with van der Waals surface area (Å²) in [6.45, 7) is 5.98. The fourth-order valence-electron chi connectivity index (χ4n) is 2.60. The molecule has 0 fully saturated rings. The Labute approximate surface area is 132 Å². The summed E-state index contributed by atoms with van der Waals surface area (Å²) < 4.78 is 13.1. The summed E-state index contributed by atoms with van der Waals surface area (Å²) >= 11 is 0. The molecule has 0 saturated heterocycles. The molecule has 2 aromatic carbocycles. The van der Waals surface area contributed by atoms with Gasteiger partial charge in [-0.05, 0) is 78.8 Å². The number of hydrogen-bond acceptors (Lipinski definition) is 1. The lowest BCUT2D eigenvalue weighted by Gasteiger charge is -2.10. The van der Waals surface area contributed by atoms with Gasteiger partial charge in [-0.25, -0.2) is 4.39 Å². The van der Waals surface area contributed by atoms with E-state index in [1.807, 2.05) is 38.1 Å². The average molecular weight is 298 g/mol. The van der Waals surface area contributed by atoms with Gasteiger partial charge in [0.25, 0.3) is 0 Å². The standard InChI is InChI=1S/C20H23FO/c1-4-5-6-18(17-7-9-19(21)10-8-17)13-16-11-14(2)20(22)15(3)12-16/h7-13,22H,4-6H2,1-3H3/b18-13-. The second kappa shape index (κ2) is 7.26. The van der Waals surface area contributed by atoms with Crippen LogP contribution in [0.25, 0.3) is 11.6 Å². The van der Waals surface area contributed by atoms with E-state index in [0.29, 0.717) is 5.75 Å². The predicted molar refractivity (Wildman–Crippen MR) is 91.4 cm³/mol. The Kier molecular flexibility index (Phi) is 5.37. The number of benzene rings is 2. The number of hydrogen-bond donors (Lipinski definition) is 1. The van der Waals surface area contributed by atoms with Crippen LogP contribution in [-0.4, -0.2) is 5.11 Å². The Morgan fingerprint density at radius 2 is 1.68 bits per heavy atom. The van der Waals surface area contributed by atoms with Gasteiger partial charge in [0.1, 0.15) is 11.6 Å². The molecular weight excluding hydrogens is 275 g/mol. The zero-order valence-corrected chi connectivity index (χ0v) is 13.5. The molecule has 2 rings (SSSR count). The van der Waals surface area contributed by atoms with Crippen molar-refractivity contribution in [3.63, 3.8) is 0 Å². The molecule has 0 radical (unpaired) electrons. The van der Waals surface area contributed by atoms with Crippen LogP contribution < -0.4 is 0 Å². The van der Waals surface area contributed by atoms with Gasteiger partial charge in [0, 0.05) is 0 Å². The van der Waals surface area contributed by atoms with Crippen LogP contribution >= 0.6 is 0 Å². The van der Waals surface area contributed by atoms with E-state index in [9.17, 15) is 9.50 Å². The van der Waals surface area contributed by atoms with Crippen molar-refractivity contribution in [1.82, 2.24) is 0 Å². The number of phenols is 1. The number of aromatic hydroxyl groups is 1. The highest BCUT2D eigenvalue weighted by atomic mass is 19.1. The summed E-state index contributed by atoms with van der Waals surface area (Å²) in [6, 6.07) is 10.6. The molecule has 116 valence electrons. The molecule has 0 atom stereocenters. The minimum absolute atomic E-state index is 0.213. The van der Waals surface area contributed by atoms with E-state index >= 15 is 0 Å². The molecule has 0 aliphatic rings. The fourth-order valence-corrected chi connectivity index (χ4v) is 2.60. The largest absolute Gasteiger partial charge is 0.507 e. The monoisotopic (exact) mass is 298 g/mol. The van der Waals surface area contributed by atoms with Crippen LogP contribution in [0.1, 0.15) is 48.4 Å². The Morgan fingerprint density at radius 1 is 1.09 bits per heavy atom. The highest BCUT2D eigenvalue weighted by molar-refractivity contribution is 5.82. The molecule has 2 aromatic rings. The third-order valence-corrected chi connectivity index (χ3v) is 3.87. The number of halogens is 1. The summed E-state index contributed by atoms with van der Waals surface area (Å²) in [4.78, 5) is 0. The first-order valence-electron chi connectivity index (χ1n) is 7.78. The van der Waals surface area contributed by atoms with Crippen LogP contribution in [0.15, 0.2) is 36.4 Å². The highest BCUT2D eigenvalue weighted by Gasteiger charge is 2.06. The maximum atomic E-state index is 13.1. The highest BCUT2D eigenvalue weighted by Crippen LogP contribution is 2.28. The van der Waals surface area contributed by atoms with Gasteiger partial charge in [-0.3, -0.25) is 0 Å². The topological polar surface area (TPSA) is 20.2 Å². The van der Waals surface area contributed by atoms with E-state index < -0.39 is 0 Å². The third kappa shape index (κ3) is 3.97. The molecule has 1 nitrogen and oxygen atoms in total. The molecule has 0 aromatic heterocycles. The first kappa shape index (κ1) is 16.3. The van der Waals surface area contributed by atoms with Crippen LogP contribution in [0.2, 0.25) is 0 Å². The number of allylic oxidation sites excluding steroid dienone is 1. The molecule has 0 aliphatic carbocycles. The summed E-state index contributed by atoms with van der Waals surface area (Å²) in [5, 5.41) is 9.89. The summed E-state index contributed by atoms with van der Waals surface area (Å²) in [7, 11) is 0. The number of aryl methyl sites for hydroxylation is 2. The van der Waals surface area contributed by atoms with Gasteiger partial charge < -0.3 is 5.11 Å². The zero-order valence-electron chi connectivity index (χ0n) is 13.5. The van der Waals surface area contributed by atoms with E-state index in [-0.39, 0.29) is 5.82 Å². The molecule has 22 heavy (non-hydrogen) atoms. The van der Waals surface area contributed by atoms with E-state index in [1.54, 1.807) is 0 Å². The van der Waals surface area contributed by atoms with Crippen LogP contribution in [0.5, 0.6) is 5.75 Å². The zero-order chi connectivity index (χ0) is 16.1. The van der Waals surface area contributed by atoms with E-state index in [2.05, 4.69) is 13.0 Å². The van der Waals surface area contributed by atoms with E-state index in [0.717, 1.165) is 41.5 Å². The Balaban J connectivity index is 2.42. The van der Waals surface area contributed by atoms with Gasteiger partial charge in [0.15, 0.2) is 0 Å². The molecule has 0 unspecified atom stereocenters. The second-order valence-corrected chi connectivity index (χ2v) is 5.78. The molecule has 0 amide bonds. The normalized spacial score (nSPS) is 11.7. The summed E-state index contributed by atoms with van der Waals surface area (Å²) in [5.74, 6) is 0.143. The van der Waals surface area contributed by atoms with Gasteiger partial charge in [0.2, 0.25) is 0 Å². The fraction of sp³-hybridized carbons (Fsp3) is 0.300. The minimum atomic E-state index is -0.213. The van der Waals surface area contributed by atoms with Gasteiger partial charge in [-0.2, -0.15) is 0 Å². The smallest absolute Gasteiger partial charge is 0.123 e. The first-order chi connectivity index (χ1) is 10.5. The van der Waals surface area contributed by atoms with Crippen molar-refractivity contribution in [3.8, 4) is 5.75 Å². The lowest BCUT2D eigenvalue weighted by molar-refractivity contribution is 0.467. The molecule has 0 heterocycles. The van der Waals surface area contributed by atoms with Crippen LogP contribution in [0.3, 0.4) is 0 Å². The Hall–Kier alpha value is -2.09. The van der Waals surface area contributed by atoms with E-state index in [1.165, 1.54) is 17.7 Å². The van der Waals surface area contributed by atoms with Gasteiger partial charge in [0.05, 0.1) is 0 Å². The number of phenolic OH excluding ortho intramolecular Hbond substituents is 1. The maximum Gasteiger partial charge on any atom is 0.123 e. The molecule has 2 heteroatoms. The quantitative estimate of drug-likeness (QED) is 0.683. The van der Waals surface area contributed by atoms with Crippen LogP contribution in [-0.2, 0) is 0 Å². The molecule has 0 saturated carbocycles. The van der Waals surface area contributed by atoms with Gasteiger partial charge >= 0.3 is 0 Å². The van der Waals surface area contributed by atoms with Crippen molar-refractivity contribution in [1.29, 1.82) is 0 Å². The van der Waals surface area contributed by atoms with E-state index in [4.69, 9.17) is 0 Å². The summed E-state index contributed by atoms with van der Waals surface area (Å²) in [6.07, 6.45) is 5.31. The van der Waals surface area contributed by atoms with Gasteiger partial charge in [-0.15, -0.1) is 0 Å². The van der Waals surface area contributed by atoms with Crippen molar-refractivity contribution < 1.29 is 9.50 Å². The molecule has 0 aliphatic heterocycles. The van der Waals surface area contributed by atoms with Crippen molar-refractivity contribution >= 4 is 11.6 Å². The van der Waals surface area contributed by atoms with Crippen LogP contribution in [0.4, 0.5) is 4.39 Å². The number of rotatable bonds is 5. The minimum Gasteiger partial charge on any atom is -0.507 e. The number of unbranched alkanes of at least 4 members (excludes halogenated alkanes) is 1. The lowest BCUT2D eigenvalue weighted by Crippen LogP contribution is -1.89. The lowest BCUT2D eigenvalue weighted by atomic mass is 9.96. The maximum absolute atomic E-state index is 13.1. The predicted octanol–water partition coefficient (Wildman–Crippen LogP) is 5.88. The molecular formula is C20H23FO. The second-order valence-electron chi connectivity index (χ2n) is 5.78. The molecule has 0 spiro atoms. The molecule has 0 bridgehead atoms. The Morgan fingerprint density at radius 3 is 2.23 bits per heavy atom.